The number of piperidine rings is 1. The first-order valence-corrected chi connectivity index (χ1v) is 10.2. The molecule has 29 heavy (non-hydrogen) atoms. The van der Waals surface area contributed by atoms with Crippen molar-refractivity contribution in [3.8, 4) is 6.07 Å². The average Bonchev–Trinajstić information content (AvgIpc) is 3.02. The standard InChI is InChI=1S/C24H24N2O3/c25-15-19-9-5-4-8-18(19)14-23(27)20-12-21-10-11-22(13-20)26(21)24(28)29-16-17-6-2-1-3-7-17/h1-9,20-22H,10-14,16H2. The first-order valence-electron chi connectivity index (χ1n) is 10.2. The first kappa shape index (κ1) is 19.2. The molecule has 0 N–H and O–H groups in total. The second kappa shape index (κ2) is 8.48. The second-order valence-electron chi connectivity index (χ2n) is 7.91. The molecule has 1 amide bonds. The number of benzene rings is 2. The maximum absolute atomic E-state index is 12.9. The lowest BCUT2D eigenvalue weighted by Gasteiger charge is -2.37. The zero-order valence-electron chi connectivity index (χ0n) is 16.3. The van der Waals surface area contributed by atoms with Crippen LogP contribution in [-0.4, -0.2) is 28.9 Å². The third-order valence-electron chi connectivity index (χ3n) is 6.11. The van der Waals surface area contributed by atoms with Gasteiger partial charge < -0.3 is 9.64 Å². The number of Topliss-reactive ketones (excluding diaryl/α,β-unsaturated/α-hetero) is 1. The summed E-state index contributed by atoms with van der Waals surface area (Å²) < 4.78 is 5.54. The SMILES string of the molecule is N#Cc1ccccc1CC(=O)C1CC2CCC(C1)N2C(=O)OCc1ccccc1. The molecule has 2 saturated heterocycles. The van der Waals surface area contributed by atoms with E-state index in [1.165, 1.54) is 0 Å². The van der Waals surface area contributed by atoms with E-state index in [1.807, 2.05) is 53.4 Å². The van der Waals surface area contributed by atoms with Crippen molar-refractivity contribution in [1.29, 1.82) is 5.26 Å². The number of fused-ring (bicyclic) bond motifs is 2. The molecule has 0 spiro atoms. The Bertz CT molecular complexity index is 921. The Kier molecular flexibility index (Phi) is 5.62. The van der Waals surface area contributed by atoms with Gasteiger partial charge in [-0.15, -0.1) is 0 Å². The van der Waals surface area contributed by atoms with Crippen molar-refractivity contribution in [3.63, 3.8) is 0 Å². The fourth-order valence-electron chi connectivity index (χ4n) is 4.65. The van der Waals surface area contributed by atoms with E-state index in [0.29, 0.717) is 18.4 Å². The number of rotatable bonds is 5. The summed E-state index contributed by atoms with van der Waals surface area (Å²) in [4.78, 5) is 27.4. The maximum Gasteiger partial charge on any atom is 0.410 e. The van der Waals surface area contributed by atoms with Crippen molar-refractivity contribution in [2.75, 3.05) is 0 Å². The maximum atomic E-state index is 12.9. The van der Waals surface area contributed by atoms with E-state index in [1.54, 1.807) is 6.07 Å². The summed E-state index contributed by atoms with van der Waals surface area (Å²) in [6.45, 7) is 0.267. The molecule has 5 heteroatoms. The minimum atomic E-state index is -0.276. The number of nitrogens with zero attached hydrogens (tertiary/aromatic N) is 2. The lowest BCUT2D eigenvalue weighted by atomic mass is 9.85. The summed E-state index contributed by atoms with van der Waals surface area (Å²) in [5.41, 5.74) is 2.32. The van der Waals surface area contributed by atoms with E-state index in [2.05, 4.69) is 6.07 Å². The number of hydrogen-bond donors (Lipinski definition) is 0. The summed E-state index contributed by atoms with van der Waals surface area (Å²) in [5, 5.41) is 9.25. The van der Waals surface area contributed by atoms with Crippen molar-refractivity contribution >= 4 is 11.9 Å². The third kappa shape index (κ3) is 4.17. The van der Waals surface area contributed by atoms with Crippen molar-refractivity contribution in [2.45, 2.75) is 50.8 Å². The minimum Gasteiger partial charge on any atom is -0.445 e. The summed E-state index contributed by atoms with van der Waals surface area (Å²) in [6, 6.07) is 19.2. The van der Waals surface area contributed by atoms with Crippen LogP contribution in [-0.2, 0) is 22.6 Å². The number of amides is 1. The van der Waals surface area contributed by atoms with Crippen LogP contribution >= 0.6 is 0 Å². The number of ketones is 1. The normalized spacial score (nSPS) is 22.7. The summed E-state index contributed by atoms with van der Waals surface area (Å²) in [6.07, 6.45) is 3.22. The molecule has 148 valence electrons. The highest BCUT2D eigenvalue weighted by Crippen LogP contribution is 2.40. The van der Waals surface area contributed by atoms with Crippen LogP contribution in [0.25, 0.3) is 0 Å². The Morgan fingerprint density at radius 3 is 2.34 bits per heavy atom. The van der Waals surface area contributed by atoms with Gasteiger partial charge in [0.15, 0.2) is 0 Å². The molecule has 2 fully saturated rings. The zero-order valence-corrected chi connectivity index (χ0v) is 16.3. The fraction of sp³-hybridized carbons (Fsp3) is 0.375. The molecule has 2 aliphatic rings. The van der Waals surface area contributed by atoms with E-state index in [0.717, 1.165) is 24.0 Å². The molecule has 2 atom stereocenters. The molecule has 0 saturated carbocycles. The zero-order chi connectivity index (χ0) is 20.2. The third-order valence-corrected chi connectivity index (χ3v) is 6.11. The quantitative estimate of drug-likeness (QED) is 0.768. The first-order chi connectivity index (χ1) is 14.2. The van der Waals surface area contributed by atoms with Crippen molar-refractivity contribution < 1.29 is 14.3 Å². The molecule has 2 aromatic carbocycles. The van der Waals surface area contributed by atoms with Crippen molar-refractivity contribution in [2.24, 2.45) is 5.92 Å². The number of nitriles is 1. The van der Waals surface area contributed by atoms with Gasteiger partial charge in [0.2, 0.25) is 0 Å². The Morgan fingerprint density at radius 1 is 1.00 bits per heavy atom. The van der Waals surface area contributed by atoms with Crippen LogP contribution in [0.5, 0.6) is 0 Å². The van der Waals surface area contributed by atoms with Crippen LogP contribution in [0.1, 0.15) is 42.4 Å². The van der Waals surface area contributed by atoms with Crippen molar-refractivity contribution in [3.05, 3.63) is 71.3 Å². The molecule has 4 rings (SSSR count). The fourth-order valence-corrected chi connectivity index (χ4v) is 4.65. The Balaban J connectivity index is 1.36. The van der Waals surface area contributed by atoms with E-state index in [4.69, 9.17) is 4.74 Å². The second-order valence-corrected chi connectivity index (χ2v) is 7.91. The van der Waals surface area contributed by atoms with E-state index < -0.39 is 0 Å². The van der Waals surface area contributed by atoms with Crippen LogP contribution in [0.2, 0.25) is 0 Å². The molecule has 2 aromatic rings. The van der Waals surface area contributed by atoms with E-state index >= 15 is 0 Å². The van der Waals surface area contributed by atoms with E-state index in [9.17, 15) is 14.9 Å². The van der Waals surface area contributed by atoms with Gasteiger partial charge in [-0.3, -0.25) is 4.79 Å². The van der Waals surface area contributed by atoms with Crippen molar-refractivity contribution in [1.82, 2.24) is 4.90 Å². The van der Waals surface area contributed by atoms with Crippen LogP contribution in [0.3, 0.4) is 0 Å². The monoisotopic (exact) mass is 388 g/mol. The van der Waals surface area contributed by atoms with Gasteiger partial charge in [0.1, 0.15) is 12.4 Å². The Morgan fingerprint density at radius 2 is 1.66 bits per heavy atom. The lowest BCUT2D eigenvalue weighted by molar-refractivity contribution is -0.124. The molecule has 2 bridgehead atoms. The number of carbonyl (C=O) groups is 2. The minimum absolute atomic E-state index is 0.0579. The molecule has 2 heterocycles. The van der Waals surface area contributed by atoms with Crippen LogP contribution in [0.15, 0.2) is 54.6 Å². The molecular formula is C24H24N2O3. The Labute approximate surface area is 170 Å². The lowest BCUT2D eigenvalue weighted by Crippen LogP contribution is -2.48. The van der Waals surface area contributed by atoms with E-state index in [-0.39, 0.29) is 42.9 Å². The molecule has 2 unspecified atom stereocenters. The predicted octanol–water partition coefficient (Wildman–Crippen LogP) is 4.25. The Hall–Kier alpha value is -3.13. The molecule has 5 nitrogen and oxygen atoms in total. The topological polar surface area (TPSA) is 70.4 Å². The van der Waals surface area contributed by atoms with Gasteiger partial charge in [-0.1, -0.05) is 48.5 Å². The molecular weight excluding hydrogens is 364 g/mol. The summed E-state index contributed by atoms with van der Waals surface area (Å²) in [5.74, 6) is 0.110. The molecule has 2 aliphatic heterocycles. The van der Waals surface area contributed by atoms with Crippen LogP contribution in [0.4, 0.5) is 4.79 Å². The van der Waals surface area contributed by atoms with Gasteiger partial charge in [0.25, 0.3) is 0 Å². The number of carbonyl (C=O) groups excluding carboxylic acids is 2. The number of ether oxygens (including phenoxy) is 1. The summed E-state index contributed by atoms with van der Waals surface area (Å²) in [7, 11) is 0. The highest BCUT2D eigenvalue weighted by molar-refractivity contribution is 5.84. The van der Waals surface area contributed by atoms with Gasteiger partial charge in [-0.05, 0) is 42.9 Å². The van der Waals surface area contributed by atoms with Crippen LogP contribution < -0.4 is 0 Å². The molecule has 0 aromatic heterocycles. The summed E-state index contributed by atoms with van der Waals surface area (Å²) >= 11 is 0. The van der Waals surface area contributed by atoms with Gasteiger partial charge >= 0.3 is 6.09 Å². The van der Waals surface area contributed by atoms with Crippen LogP contribution in [0, 0.1) is 17.2 Å². The number of hydrogen-bond acceptors (Lipinski definition) is 4. The smallest absolute Gasteiger partial charge is 0.410 e. The largest absolute Gasteiger partial charge is 0.445 e. The highest BCUT2D eigenvalue weighted by Gasteiger charge is 2.45. The molecule has 0 radical (unpaired) electrons. The van der Waals surface area contributed by atoms with Gasteiger partial charge in [-0.25, -0.2) is 4.79 Å². The van der Waals surface area contributed by atoms with Gasteiger partial charge in [-0.2, -0.15) is 5.26 Å². The molecule has 0 aliphatic carbocycles. The van der Waals surface area contributed by atoms with Gasteiger partial charge in [0.05, 0.1) is 11.6 Å². The predicted molar refractivity (Wildman–Crippen MR) is 108 cm³/mol. The average molecular weight is 388 g/mol. The van der Waals surface area contributed by atoms with Gasteiger partial charge in [0, 0.05) is 24.4 Å². The highest BCUT2D eigenvalue weighted by atomic mass is 16.6.